The molecule has 146 valence electrons. The maximum atomic E-state index is 13.1. The Balaban J connectivity index is 0.00000131. The first-order valence-corrected chi connectivity index (χ1v) is 8.89. The van der Waals surface area contributed by atoms with Crippen LogP contribution in [0.2, 0.25) is 0 Å². The van der Waals surface area contributed by atoms with Crippen molar-refractivity contribution in [3.8, 4) is 16.9 Å². The molecular formula is C20H25Cl2N3O2. The van der Waals surface area contributed by atoms with Gasteiger partial charge < -0.3 is 15.0 Å². The van der Waals surface area contributed by atoms with Gasteiger partial charge in [0.15, 0.2) is 0 Å². The molecule has 1 aromatic carbocycles. The summed E-state index contributed by atoms with van der Waals surface area (Å²) in [6.45, 7) is 1.89. The van der Waals surface area contributed by atoms with Crippen molar-refractivity contribution in [2.45, 2.75) is 31.3 Å². The Morgan fingerprint density at radius 1 is 1.07 bits per heavy atom. The number of methoxy groups -OCH3 is 1. The molecule has 2 aliphatic heterocycles. The largest absolute Gasteiger partial charge is 0.497 e. The minimum absolute atomic E-state index is 0. The van der Waals surface area contributed by atoms with Crippen LogP contribution in [0.5, 0.6) is 5.75 Å². The smallest absolute Gasteiger partial charge is 0.255 e. The lowest BCUT2D eigenvalue weighted by atomic mass is 10.0. The summed E-state index contributed by atoms with van der Waals surface area (Å²) in [4.78, 5) is 19.5. The van der Waals surface area contributed by atoms with E-state index in [0.717, 1.165) is 49.2 Å². The fraction of sp³-hybridized carbons (Fsp3) is 0.400. The number of carbonyl (C=O) groups is 1. The number of halogens is 2. The van der Waals surface area contributed by atoms with Crippen molar-refractivity contribution < 1.29 is 9.53 Å². The van der Waals surface area contributed by atoms with Gasteiger partial charge in [-0.1, -0.05) is 12.1 Å². The van der Waals surface area contributed by atoms with E-state index in [4.69, 9.17) is 4.74 Å². The number of carbonyl (C=O) groups excluding carboxylic acids is 1. The van der Waals surface area contributed by atoms with E-state index in [0.29, 0.717) is 17.6 Å². The fourth-order valence-corrected chi connectivity index (χ4v) is 3.96. The molecule has 2 aromatic rings. The molecule has 4 rings (SSSR count). The Hall–Kier alpha value is -1.82. The van der Waals surface area contributed by atoms with Crippen LogP contribution in [-0.2, 0) is 0 Å². The molecule has 2 aliphatic rings. The molecule has 0 spiro atoms. The van der Waals surface area contributed by atoms with E-state index in [1.54, 1.807) is 19.5 Å². The standard InChI is InChI=1S/C20H23N3O2.2ClH/c1-25-19-6-2-14(3-7-19)15-10-16(12-22-11-15)20(24)23-17-4-5-18(23)13-21-9-8-17;;/h2-3,6-7,10-12,17-18,21H,4-5,8-9,13H2,1H3;2*1H. The average Bonchev–Trinajstić information content (AvgIpc) is 2.94. The van der Waals surface area contributed by atoms with Crippen molar-refractivity contribution in [3.63, 3.8) is 0 Å². The molecular weight excluding hydrogens is 385 g/mol. The third kappa shape index (κ3) is 4.37. The second-order valence-corrected chi connectivity index (χ2v) is 6.78. The molecule has 1 amide bonds. The minimum Gasteiger partial charge on any atom is -0.497 e. The van der Waals surface area contributed by atoms with Crippen LogP contribution in [0.1, 0.15) is 29.6 Å². The van der Waals surface area contributed by atoms with E-state index >= 15 is 0 Å². The van der Waals surface area contributed by atoms with E-state index in [2.05, 4.69) is 15.2 Å². The highest BCUT2D eigenvalue weighted by atomic mass is 35.5. The Bertz CT molecular complexity index is 756. The number of fused-ring (bicyclic) bond motifs is 2. The first-order valence-electron chi connectivity index (χ1n) is 8.89. The van der Waals surface area contributed by atoms with Gasteiger partial charge in [0.05, 0.1) is 12.7 Å². The number of amides is 1. The van der Waals surface area contributed by atoms with Crippen LogP contribution < -0.4 is 10.1 Å². The van der Waals surface area contributed by atoms with Gasteiger partial charge in [-0.2, -0.15) is 0 Å². The van der Waals surface area contributed by atoms with Crippen LogP contribution in [-0.4, -0.2) is 48.1 Å². The molecule has 1 N–H and O–H groups in total. The van der Waals surface area contributed by atoms with Crippen LogP contribution in [0.3, 0.4) is 0 Å². The van der Waals surface area contributed by atoms with E-state index in [1.807, 2.05) is 30.3 Å². The highest BCUT2D eigenvalue weighted by Gasteiger charge is 2.38. The summed E-state index contributed by atoms with van der Waals surface area (Å²) in [7, 11) is 1.65. The van der Waals surface area contributed by atoms with Crippen molar-refractivity contribution in [2.24, 2.45) is 0 Å². The van der Waals surface area contributed by atoms with Gasteiger partial charge in [-0.15, -0.1) is 24.8 Å². The number of nitrogens with one attached hydrogen (secondary N) is 1. The number of benzene rings is 1. The highest BCUT2D eigenvalue weighted by molar-refractivity contribution is 5.95. The van der Waals surface area contributed by atoms with Crippen molar-refractivity contribution >= 4 is 30.7 Å². The molecule has 2 unspecified atom stereocenters. The maximum Gasteiger partial charge on any atom is 0.255 e. The van der Waals surface area contributed by atoms with E-state index < -0.39 is 0 Å². The van der Waals surface area contributed by atoms with Gasteiger partial charge in [-0.3, -0.25) is 9.78 Å². The summed E-state index contributed by atoms with van der Waals surface area (Å²) in [5, 5.41) is 3.44. The minimum atomic E-state index is 0. The van der Waals surface area contributed by atoms with Gasteiger partial charge in [0.25, 0.3) is 5.91 Å². The van der Waals surface area contributed by atoms with E-state index in [9.17, 15) is 4.79 Å². The number of hydrogen-bond donors (Lipinski definition) is 1. The Labute approximate surface area is 172 Å². The first-order chi connectivity index (χ1) is 12.3. The zero-order chi connectivity index (χ0) is 17.2. The van der Waals surface area contributed by atoms with Gasteiger partial charge in [0, 0.05) is 36.6 Å². The summed E-state index contributed by atoms with van der Waals surface area (Å²) >= 11 is 0. The average molecular weight is 410 g/mol. The lowest BCUT2D eigenvalue weighted by Gasteiger charge is -2.28. The number of hydrogen-bond acceptors (Lipinski definition) is 4. The number of aromatic nitrogens is 1. The molecule has 0 radical (unpaired) electrons. The first kappa shape index (κ1) is 21.5. The molecule has 1 aromatic heterocycles. The third-order valence-corrected chi connectivity index (χ3v) is 5.30. The second-order valence-electron chi connectivity index (χ2n) is 6.78. The molecule has 2 fully saturated rings. The fourth-order valence-electron chi connectivity index (χ4n) is 3.96. The zero-order valence-electron chi connectivity index (χ0n) is 15.3. The molecule has 3 heterocycles. The number of rotatable bonds is 3. The molecule has 0 saturated carbocycles. The Morgan fingerprint density at radius 2 is 1.81 bits per heavy atom. The SMILES string of the molecule is COc1ccc(-c2cncc(C(=O)N3C4CCNCC3CC4)c2)cc1.Cl.Cl. The number of nitrogens with zero attached hydrogens (tertiary/aromatic N) is 2. The molecule has 7 heteroatoms. The quantitative estimate of drug-likeness (QED) is 0.841. The van der Waals surface area contributed by atoms with Gasteiger partial charge in [0.2, 0.25) is 0 Å². The highest BCUT2D eigenvalue weighted by Crippen LogP contribution is 2.30. The number of pyridine rings is 1. The summed E-state index contributed by atoms with van der Waals surface area (Å²) in [5.74, 6) is 0.927. The monoisotopic (exact) mass is 409 g/mol. The van der Waals surface area contributed by atoms with Crippen LogP contribution in [0.4, 0.5) is 0 Å². The zero-order valence-corrected chi connectivity index (χ0v) is 16.9. The van der Waals surface area contributed by atoms with Crippen LogP contribution >= 0.6 is 24.8 Å². The summed E-state index contributed by atoms with van der Waals surface area (Å²) in [5.41, 5.74) is 2.66. The Kier molecular flexibility index (Phi) is 7.48. The molecule has 2 atom stereocenters. The summed E-state index contributed by atoms with van der Waals surface area (Å²) < 4.78 is 5.21. The van der Waals surface area contributed by atoms with Gasteiger partial charge in [0.1, 0.15) is 5.75 Å². The maximum absolute atomic E-state index is 13.1. The van der Waals surface area contributed by atoms with Crippen molar-refractivity contribution in [1.29, 1.82) is 0 Å². The van der Waals surface area contributed by atoms with Crippen molar-refractivity contribution in [3.05, 3.63) is 48.3 Å². The predicted molar refractivity (Wildman–Crippen MR) is 111 cm³/mol. The second kappa shape index (κ2) is 9.40. The van der Waals surface area contributed by atoms with Crippen molar-refractivity contribution in [1.82, 2.24) is 15.2 Å². The normalized spacial score (nSPS) is 20.9. The summed E-state index contributed by atoms with van der Waals surface area (Å²) in [6, 6.07) is 10.4. The summed E-state index contributed by atoms with van der Waals surface area (Å²) in [6.07, 6.45) is 6.73. The van der Waals surface area contributed by atoms with Gasteiger partial charge in [-0.05, 0) is 49.6 Å². The Morgan fingerprint density at radius 3 is 2.56 bits per heavy atom. The number of ether oxygens (including phenoxy) is 1. The lowest BCUT2D eigenvalue weighted by Crippen LogP contribution is -2.42. The molecule has 2 bridgehead atoms. The van der Waals surface area contributed by atoms with Gasteiger partial charge >= 0.3 is 0 Å². The molecule has 5 nitrogen and oxygen atoms in total. The topological polar surface area (TPSA) is 54.5 Å². The molecule has 0 aliphatic carbocycles. The predicted octanol–water partition coefficient (Wildman–Crippen LogP) is 3.57. The van der Waals surface area contributed by atoms with E-state index in [1.165, 1.54) is 0 Å². The van der Waals surface area contributed by atoms with Crippen molar-refractivity contribution in [2.75, 3.05) is 20.2 Å². The van der Waals surface area contributed by atoms with Crippen LogP contribution in [0.15, 0.2) is 42.7 Å². The van der Waals surface area contributed by atoms with Gasteiger partial charge in [-0.25, -0.2) is 0 Å². The lowest BCUT2D eigenvalue weighted by molar-refractivity contribution is 0.0680. The third-order valence-electron chi connectivity index (χ3n) is 5.30. The van der Waals surface area contributed by atoms with Crippen LogP contribution in [0.25, 0.3) is 11.1 Å². The van der Waals surface area contributed by atoms with E-state index in [-0.39, 0.29) is 30.7 Å². The van der Waals surface area contributed by atoms with Crippen LogP contribution in [0, 0.1) is 0 Å². The molecule has 27 heavy (non-hydrogen) atoms. The molecule has 2 saturated heterocycles.